The lowest BCUT2D eigenvalue weighted by Gasteiger charge is -2.30. The Hall–Kier alpha value is -4.08. The minimum absolute atomic E-state index is 0.00965. The van der Waals surface area contributed by atoms with Gasteiger partial charge >= 0.3 is 0 Å². The second-order valence-corrected chi connectivity index (χ2v) is 9.27. The summed E-state index contributed by atoms with van der Waals surface area (Å²) in [6, 6.07) is 11.6. The molecule has 1 aliphatic rings. The van der Waals surface area contributed by atoms with Crippen LogP contribution in [0, 0.1) is 6.92 Å². The summed E-state index contributed by atoms with van der Waals surface area (Å²) in [5, 5.41) is 7.33. The Labute approximate surface area is 216 Å². The second-order valence-electron chi connectivity index (χ2n) is 9.27. The van der Waals surface area contributed by atoms with Gasteiger partial charge in [0.1, 0.15) is 5.82 Å². The van der Waals surface area contributed by atoms with Gasteiger partial charge in [0, 0.05) is 11.9 Å². The van der Waals surface area contributed by atoms with Crippen LogP contribution in [0.4, 0.5) is 5.82 Å². The lowest BCUT2D eigenvalue weighted by Crippen LogP contribution is -2.38. The molecular formula is C27H35N7O3. The van der Waals surface area contributed by atoms with Gasteiger partial charge in [0.2, 0.25) is 5.82 Å². The number of rotatable bonds is 9. The monoisotopic (exact) mass is 505 g/mol. The molecular weight excluding hydrogens is 470 g/mol. The van der Waals surface area contributed by atoms with Crippen molar-refractivity contribution in [1.82, 2.24) is 15.3 Å². The Morgan fingerprint density at radius 1 is 1.05 bits per heavy atom. The van der Waals surface area contributed by atoms with Crippen LogP contribution >= 0.6 is 0 Å². The van der Waals surface area contributed by atoms with Crippen molar-refractivity contribution < 1.29 is 14.3 Å². The molecule has 1 heterocycles. The molecule has 0 aliphatic heterocycles. The topological polar surface area (TPSA) is 150 Å². The molecule has 37 heavy (non-hydrogen) atoms. The molecule has 1 saturated carbocycles. The maximum Gasteiger partial charge on any atom is 0.289 e. The number of benzene rings is 2. The van der Waals surface area contributed by atoms with Gasteiger partial charge in [0.25, 0.3) is 5.91 Å². The first-order chi connectivity index (χ1) is 17.9. The van der Waals surface area contributed by atoms with E-state index in [2.05, 4.69) is 25.6 Å². The highest BCUT2D eigenvalue weighted by Gasteiger charge is 2.26. The van der Waals surface area contributed by atoms with Crippen molar-refractivity contribution >= 4 is 28.6 Å². The van der Waals surface area contributed by atoms with Gasteiger partial charge in [-0.15, -0.1) is 0 Å². The lowest BCUT2D eigenvalue weighted by molar-refractivity contribution is 0.0944. The van der Waals surface area contributed by atoms with Gasteiger partial charge < -0.3 is 31.6 Å². The summed E-state index contributed by atoms with van der Waals surface area (Å²) in [7, 11) is 3.20. The summed E-state index contributed by atoms with van der Waals surface area (Å²) in [5.74, 6) is 1.78. The van der Waals surface area contributed by atoms with Gasteiger partial charge in [-0.2, -0.15) is 0 Å². The molecule has 3 aromatic rings. The molecule has 1 aliphatic carbocycles. The average molecular weight is 506 g/mol. The minimum Gasteiger partial charge on any atom is -0.493 e. The van der Waals surface area contributed by atoms with E-state index in [9.17, 15) is 4.79 Å². The number of anilines is 1. The van der Waals surface area contributed by atoms with E-state index < -0.39 is 0 Å². The Morgan fingerprint density at radius 2 is 1.84 bits per heavy atom. The maximum atomic E-state index is 13.1. The van der Waals surface area contributed by atoms with Gasteiger partial charge in [-0.05, 0) is 56.0 Å². The van der Waals surface area contributed by atoms with Crippen molar-refractivity contribution in [3.63, 3.8) is 0 Å². The smallest absolute Gasteiger partial charge is 0.289 e. The second kappa shape index (κ2) is 11.8. The Balaban J connectivity index is 1.53. The molecule has 10 heteroatoms. The summed E-state index contributed by atoms with van der Waals surface area (Å²) in [6.45, 7) is 2.43. The third-order valence-electron chi connectivity index (χ3n) is 6.57. The van der Waals surface area contributed by atoms with E-state index in [1.807, 2.05) is 43.3 Å². The van der Waals surface area contributed by atoms with E-state index >= 15 is 0 Å². The highest BCUT2D eigenvalue weighted by Crippen LogP contribution is 2.29. The van der Waals surface area contributed by atoms with Crippen molar-refractivity contribution in [2.45, 2.75) is 51.1 Å². The standard InChI is InChI=1S/C27H35N7O3/c1-16-8-10-19-18(14-16)24(32-20-6-4-5-7-21(20)33-27(28)29)34-25(31-19)26(35)30-13-12-17-9-11-22(36-2)23(15-17)37-3/h8-11,14-15,20-21H,4-7,12-13H2,1-3H3,(H,30,35)(H4,28,29,33)(H,31,32,34). The van der Waals surface area contributed by atoms with Crippen molar-refractivity contribution in [3.05, 3.63) is 53.3 Å². The number of methoxy groups -OCH3 is 2. The summed E-state index contributed by atoms with van der Waals surface area (Å²) in [4.78, 5) is 26.7. The molecule has 196 valence electrons. The zero-order valence-corrected chi connectivity index (χ0v) is 21.6. The SMILES string of the molecule is COc1ccc(CCNC(=O)c2nc(NC3CCCCC3N=C(N)N)c3cc(C)ccc3n2)cc1OC. The quantitative estimate of drug-likeness (QED) is 0.256. The van der Waals surface area contributed by atoms with E-state index in [0.29, 0.717) is 35.8 Å². The van der Waals surface area contributed by atoms with Crippen molar-refractivity contribution in [1.29, 1.82) is 0 Å². The predicted molar refractivity (Wildman–Crippen MR) is 145 cm³/mol. The Kier molecular flexibility index (Phi) is 8.27. The molecule has 0 bridgehead atoms. The molecule has 0 saturated heterocycles. The zero-order chi connectivity index (χ0) is 26.4. The first-order valence-electron chi connectivity index (χ1n) is 12.5. The van der Waals surface area contributed by atoms with Gasteiger partial charge in [-0.25, -0.2) is 15.0 Å². The summed E-state index contributed by atoms with van der Waals surface area (Å²) in [5.41, 5.74) is 14.1. The van der Waals surface area contributed by atoms with Crippen LogP contribution in [0.25, 0.3) is 10.9 Å². The van der Waals surface area contributed by atoms with E-state index in [0.717, 1.165) is 42.2 Å². The van der Waals surface area contributed by atoms with Crippen LogP contribution in [-0.4, -0.2) is 54.7 Å². The van der Waals surface area contributed by atoms with Crippen molar-refractivity contribution in [2.24, 2.45) is 16.5 Å². The zero-order valence-electron chi connectivity index (χ0n) is 21.6. The predicted octanol–water partition coefficient (Wildman–Crippen LogP) is 2.92. The number of guanidine groups is 1. The summed E-state index contributed by atoms with van der Waals surface area (Å²) < 4.78 is 10.7. The molecule has 2 aromatic carbocycles. The first-order valence-corrected chi connectivity index (χ1v) is 12.5. The number of aromatic nitrogens is 2. The van der Waals surface area contributed by atoms with Gasteiger partial charge in [0.15, 0.2) is 17.5 Å². The average Bonchev–Trinajstić information content (AvgIpc) is 2.89. The molecule has 1 fully saturated rings. The van der Waals surface area contributed by atoms with Crippen LogP contribution in [0.5, 0.6) is 11.5 Å². The molecule has 2 atom stereocenters. The van der Waals surface area contributed by atoms with E-state index in [1.165, 1.54) is 0 Å². The fraction of sp³-hybridized carbons (Fsp3) is 0.407. The molecule has 10 nitrogen and oxygen atoms in total. The number of nitrogens with one attached hydrogen (secondary N) is 2. The number of ether oxygens (including phenoxy) is 2. The largest absolute Gasteiger partial charge is 0.493 e. The fourth-order valence-corrected chi connectivity index (χ4v) is 4.69. The fourth-order valence-electron chi connectivity index (χ4n) is 4.69. The van der Waals surface area contributed by atoms with Crippen LogP contribution in [0.2, 0.25) is 0 Å². The number of fused-ring (bicyclic) bond motifs is 1. The normalized spacial score (nSPS) is 17.2. The third-order valence-corrected chi connectivity index (χ3v) is 6.57. The third kappa shape index (κ3) is 6.38. The number of hydrogen-bond donors (Lipinski definition) is 4. The van der Waals surface area contributed by atoms with Gasteiger partial charge in [-0.3, -0.25) is 4.79 Å². The Morgan fingerprint density at radius 3 is 2.59 bits per heavy atom. The molecule has 2 unspecified atom stereocenters. The highest BCUT2D eigenvalue weighted by atomic mass is 16.5. The number of aryl methyl sites for hydroxylation is 1. The van der Waals surface area contributed by atoms with Crippen LogP contribution in [0.1, 0.15) is 47.4 Å². The van der Waals surface area contributed by atoms with Crippen LogP contribution < -0.4 is 31.6 Å². The highest BCUT2D eigenvalue weighted by molar-refractivity contribution is 5.96. The van der Waals surface area contributed by atoms with Crippen LogP contribution in [-0.2, 0) is 6.42 Å². The number of nitrogens with zero attached hydrogens (tertiary/aromatic N) is 3. The maximum absolute atomic E-state index is 13.1. The summed E-state index contributed by atoms with van der Waals surface area (Å²) in [6.07, 6.45) is 4.55. The number of carbonyl (C=O) groups excluding carboxylic acids is 1. The first kappa shape index (κ1) is 26.0. The number of hydrogen-bond acceptors (Lipinski definition) is 7. The number of aliphatic imine (C=N–C) groups is 1. The summed E-state index contributed by atoms with van der Waals surface area (Å²) >= 11 is 0. The number of carbonyl (C=O) groups is 1. The van der Waals surface area contributed by atoms with E-state index in [4.69, 9.17) is 20.9 Å². The van der Waals surface area contributed by atoms with Crippen molar-refractivity contribution in [3.8, 4) is 11.5 Å². The lowest BCUT2D eigenvalue weighted by atomic mass is 9.90. The van der Waals surface area contributed by atoms with Crippen LogP contribution in [0.3, 0.4) is 0 Å². The van der Waals surface area contributed by atoms with E-state index in [1.54, 1.807) is 14.2 Å². The molecule has 0 radical (unpaired) electrons. The van der Waals surface area contributed by atoms with Crippen molar-refractivity contribution in [2.75, 3.05) is 26.1 Å². The number of amides is 1. The van der Waals surface area contributed by atoms with Gasteiger partial charge in [0.05, 0.1) is 31.8 Å². The molecule has 6 N–H and O–H groups in total. The van der Waals surface area contributed by atoms with E-state index in [-0.39, 0.29) is 29.8 Å². The Bertz CT molecular complexity index is 1290. The molecule has 4 rings (SSSR count). The van der Waals surface area contributed by atoms with Gasteiger partial charge in [-0.1, -0.05) is 30.5 Å². The molecule has 1 aromatic heterocycles. The number of nitrogens with two attached hydrogens (primary N) is 2. The molecule has 0 spiro atoms. The van der Waals surface area contributed by atoms with Crippen LogP contribution in [0.15, 0.2) is 41.4 Å². The molecule has 1 amide bonds. The minimum atomic E-state index is -0.338.